The van der Waals surface area contributed by atoms with Crippen LogP contribution in [-0.4, -0.2) is 39.8 Å². The van der Waals surface area contributed by atoms with Crippen molar-refractivity contribution in [3.63, 3.8) is 0 Å². The molecule has 0 saturated heterocycles. The van der Waals surface area contributed by atoms with E-state index in [-0.39, 0.29) is 0 Å². The zero-order chi connectivity index (χ0) is 17.9. The number of rotatable bonds is 6. The van der Waals surface area contributed by atoms with E-state index in [1.54, 1.807) is 26.0 Å². The van der Waals surface area contributed by atoms with Crippen molar-refractivity contribution in [2.24, 2.45) is 0 Å². The van der Waals surface area contributed by atoms with E-state index in [2.05, 4.69) is 37.7 Å². The van der Waals surface area contributed by atoms with Gasteiger partial charge in [0, 0.05) is 27.4 Å². The van der Waals surface area contributed by atoms with E-state index in [4.69, 9.17) is 9.47 Å². The highest BCUT2D eigenvalue weighted by Gasteiger charge is 2.18. The van der Waals surface area contributed by atoms with Crippen LogP contribution < -0.4 is 9.47 Å². The molecule has 4 aromatic rings. The first kappa shape index (κ1) is 16.5. The van der Waals surface area contributed by atoms with Crippen LogP contribution in [0.25, 0.3) is 22.2 Å². The van der Waals surface area contributed by atoms with Crippen molar-refractivity contribution in [1.29, 1.82) is 0 Å². The van der Waals surface area contributed by atoms with Gasteiger partial charge in [0.15, 0.2) is 5.82 Å². The number of tetrazole rings is 1. The quantitative estimate of drug-likeness (QED) is 0.506. The lowest BCUT2D eigenvalue weighted by Gasteiger charge is -2.11. The van der Waals surface area contributed by atoms with Crippen molar-refractivity contribution in [1.82, 2.24) is 25.6 Å². The minimum atomic E-state index is 0.615. The molecule has 2 aromatic carbocycles. The zero-order valence-corrected chi connectivity index (χ0v) is 15.1. The van der Waals surface area contributed by atoms with Gasteiger partial charge in [0.25, 0.3) is 0 Å². The van der Waals surface area contributed by atoms with Crippen LogP contribution in [0.15, 0.2) is 47.4 Å². The van der Waals surface area contributed by atoms with E-state index in [9.17, 15) is 0 Å². The maximum atomic E-state index is 5.59. The highest BCUT2D eigenvalue weighted by atomic mass is 32.2. The second-order valence-corrected chi connectivity index (χ2v) is 6.54. The number of hydrogen-bond donors (Lipinski definition) is 2. The molecule has 0 saturated carbocycles. The number of aromatic amines is 2. The molecule has 0 aliphatic carbocycles. The first-order chi connectivity index (χ1) is 12.8. The second-order valence-electron chi connectivity index (χ2n) is 5.56. The lowest BCUT2D eigenvalue weighted by Crippen LogP contribution is -1.92. The second kappa shape index (κ2) is 7.09. The van der Waals surface area contributed by atoms with Crippen molar-refractivity contribution < 1.29 is 9.47 Å². The lowest BCUT2D eigenvalue weighted by molar-refractivity contribution is 0.395. The predicted octanol–water partition coefficient (Wildman–Crippen LogP) is 3.66. The third-order valence-electron chi connectivity index (χ3n) is 4.07. The summed E-state index contributed by atoms with van der Waals surface area (Å²) in [7, 11) is 3.30. The van der Waals surface area contributed by atoms with E-state index in [0.717, 1.165) is 38.6 Å². The molecule has 2 aromatic heterocycles. The van der Waals surface area contributed by atoms with Crippen LogP contribution in [0.5, 0.6) is 11.5 Å². The lowest BCUT2D eigenvalue weighted by atomic mass is 10.1. The van der Waals surface area contributed by atoms with Gasteiger partial charge in [-0.15, -0.1) is 22.0 Å². The summed E-state index contributed by atoms with van der Waals surface area (Å²) in [6.45, 7) is 0. The van der Waals surface area contributed by atoms with Crippen molar-refractivity contribution >= 4 is 22.7 Å². The number of ether oxygens (including phenoxy) is 2. The number of nitrogens with one attached hydrogen (secondary N) is 2. The maximum absolute atomic E-state index is 5.59. The van der Waals surface area contributed by atoms with E-state index >= 15 is 0 Å². The van der Waals surface area contributed by atoms with Crippen LogP contribution in [-0.2, 0) is 5.75 Å². The van der Waals surface area contributed by atoms with Gasteiger partial charge in [-0.2, -0.15) is 5.21 Å². The minimum absolute atomic E-state index is 0.615. The van der Waals surface area contributed by atoms with Crippen LogP contribution in [0.2, 0.25) is 0 Å². The molecule has 0 aliphatic rings. The summed E-state index contributed by atoms with van der Waals surface area (Å²) in [5, 5.41) is 15.3. The molecule has 0 aliphatic heterocycles. The number of methoxy groups -OCH3 is 2. The Hall–Kier alpha value is -3.00. The largest absolute Gasteiger partial charge is 0.497 e. The van der Waals surface area contributed by atoms with Crippen LogP contribution in [0, 0.1) is 0 Å². The van der Waals surface area contributed by atoms with Crippen molar-refractivity contribution in [3.05, 3.63) is 48.3 Å². The van der Waals surface area contributed by atoms with E-state index in [0.29, 0.717) is 11.6 Å². The molecular formula is C18H17N5O2S. The minimum Gasteiger partial charge on any atom is -0.497 e. The topological polar surface area (TPSA) is 88.7 Å². The fourth-order valence-corrected chi connectivity index (χ4v) is 3.88. The molecule has 8 heteroatoms. The van der Waals surface area contributed by atoms with Gasteiger partial charge < -0.3 is 14.5 Å². The molecule has 132 valence electrons. The Labute approximate surface area is 154 Å². The summed E-state index contributed by atoms with van der Waals surface area (Å²) in [5.74, 6) is 2.78. The molecule has 2 heterocycles. The first-order valence-electron chi connectivity index (χ1n) is 7.98. The number of H-pyrrole nitrogens is 2. The Morgan fingerprint density at radius 2 is 1.96 bits per heavy atom. The monoisotopic (exact) mass is 367 g/mol. The highest BCUT2D eigenvalue weighted by Crippen LogP contribution is 2.42. The number of thioether (sulfide) groups is 1. The Balaban J connectivity index is 1.82. The van der Waals surface area contributed by atoms with Crippen LogP contribution >= 0.6 is 11.8 Å². The fourth-order valence-electron chi connectivity index (χ4n) is 2.84. The Bertz CT molecular complexity index is 1030. The molecule has 0 bridgehead atoms. The number of aromatic nitrogens is 5. The third-order valence-corrected chi connectivity index (χ3v) is 5.19. The van der Waals surface area contributed by atoms with Gasteiger partial charge in [0.2, 0.25) is 0 Å². The number of fused-ring (bicyclic) bond motifs is 1. The molecule has 0 spiro atoms. The summed E-state index contributed by atoms with van der Waals surface area (Å²) in [6, 6.07) is 14.0. The Morgan fingerprint density at radius 1 is 1.08 bits per heavy atom. The molecular weight excluding hydrogens is 350 g/mol. The summed E-state index contributed by atoms with van der Waals surface area (Å²) in [5.41, 5.74) is 3.04. The van der Waals surface area contributed by atoms with Crippen molar-refractivity contribution in [2.75, 3.05) is 14.2 Å². The predicted molar refractivity (Wildman–Crippen MR) is 101 cm³/mol. The molecule has 7 nitrogen and oxygen atoms in total. The summed E-state index contributed by atoms with van der Waals surface area (Å²) < 4.78 is 10.9. The molecule has 0 atom stereocenters. The van der Waals surface area contributed by atoms with Crippen LogP contribution in [0.4, 0.5) is 0 Å². The van der Waals surface area contributed by atoms with Gasteiger partial charge in [-0.1, -0.05) is 23.4 Å². The Morgan fingerprint density at radius 3 is 2.73 bits per heavy atom. The smallest absolute Gasteiger partial charge is 0.184 e. The van der Waals surface area contributed by atoms with Gasteiger partial charge in [-0.3, -0.25) is 0 Å². The van der Waals surface area contributed by atoms with Crippen molar-refractivity contribution in [3.8, 4) is 22.8 Å². The summed E-state index contributed by atoms with van der Waals surface area (Å²) in [6.07, 6.45) is 0. The van der Waals surface area contributed by atoms with Gasteiger partial charge in [0.1, 0.15) is 11.5 Å². The molecule has 2 N–H and O–H groups in total. The molecule has 0 amide bonds. The Kier molecular flexibility index (Phi) is 4.49. The molecule has 0 unspecified atom stereocenters. The first-order valence-corrected chi connectivity index (χ1v) is 8.97. The van der Waals surface area contributed by atoms with Gasteiger partial charge in [-0.05, 0) is 18.2 Å². The number of benzene rings is 2. The van der Waals surface area contributed by atoms with Crippen molar-refractivity contribution in [2.45, 2.75) is 10.6 Å². The van der Waals surface area contributed by atoms with E-state index < -0.39 is 0 Å². The summed E-state index contributed by atoms with van der Waals surface area (Å²) >= 11 is 1.66. The number of hydrogen-bond acceptors (Lipinski definition) is 6. The third kappa shape index (κ3) is 2.99. The zero-order valence-electron chi connectivity index (χ0n) is 14.3. The molecule has 0 radical (unpaired) electrons. The SMILES string of the molecule is COc1ccc(-c2[nH]c3ccccc3c2SCc2nn[nH]n2)c(OC)c1. The average molecular weight is 367 g/mol. The number of para-hydroxylation sites is 1. The highest BCUT2D eigenvalue weighted by molar-refractivity contribution is 7.98. The normalized spacial score (nSPS) is 11.0. The molecule has 26 heavy (non-hydrogen) atoms. The summed E-state index contributed by atoms with van der Waals surface area (Å²) in [4.78, 5) is 4.64. The van der Waals surface area contributed by atoms with E-state index in [1.807, 2.05) is 30.3 Å². The standard InChI is InChI=1S/C18H17N5O2S/c1-24-11-7-8-13(15(9-11)25-2)17-18(26-10-16-20-22-23-21-16)12-5-3-4-6-14(12)19-17/h3-9,19H,10H2,1-2H3,(H,20,21,22,23). The van der Waals surface area contributed by atoms with Crippen LogP contribution in [0.3, 0.4) is 0 Å². The van der Waals surface area contributed by atoms with Crippen LogP contribution in [0.1, 0.15) is 5.82 Å². The fraction of sp³-hybridized carbons (Fsp3) is 0.167. The average Bonchev–Trinajstić information content (AvgIpc) is 3.33. The van der Waals surface area contributed by atoms with E-state index in [1.165, 1.54) is 0 Å². The van der Waals surface area contributed by atoms with Gasteiger partial charge in [-0.25, -0.2) is 0 Å². The molecule has 4 rings (SSSR count). The van der Waals surface area contributed by atoms with Gasteiger partial charge in [0.05, 0.1) is 25.7 Å². The number of nitrogens with zero attached hydrogens (tertiary/aromatic N) is 3. The maximum Gasteiger partial charge on any atom is 0.184 e. The molecule has 0 fully saturated rings. The van der Waals surface area contributed by atoms with Gasteiger partial charge >= 0.3 is 0 Å².